The maximum atomic E-state index is 12.0. The first-order valence-corrected chi connectivity index (χ1v) is 11.7. The fraction of sp³-hybridized carbons (Fsp3) is 0.158. The Balaban J connectivity index is 1.55. The van der Waals surface area contributed by atoms with Crippen LogP contribution in [-0.2, 0) is 21.2 Å². The lowest BCUT2D eigenvalue weighted by Crippen LogP contribution is -2.27. The molecule has 0 saturated carbocycles. The number of nitrogens with one attached hydrogen (secondary N) is 1. The molecule has 0 atom stereocenters. The Kier molecular flexibility index (Phi) is 4.19. The van der Waals surface area contributed by atoms with Crippen LogP contribution in [0.3, 0.4) is 0 Å². The van der Waals surface area contributed by atoms with Crippen molar-refractivity contribution in [2.24, 2.45) is 0 Å². The van der Waals surface area contributed by atoms with Crippen molar-refractivity contribution < 1.29 is 18.0 Å². The van der Waals surface area contributed by atoms with Gasteiger partial charge in [0, 0.05) is 12.2 Å². The first kappa shape index (κ1) is 18.8. The number of hydrogen-bond donors (Lipinski definition) is 1. The molecule has 1 saturated heterocycles. The van der Waals surface area contributed by atoms with Crippen LogP contribution in [0.4, 0.5) is 10.5 Å². The number of imidazole rings is 1. The van der Waals surface area contributed by atoms with Gasteiger partial charge in [-0.2, -0.15) is 0 Å². The molecule has 5 rings (SSSR count). The van der Waals surface area contributed by atoms with E-state index in [1.165, 1.54) is 10.6 Å². The molecule has 2 aliphatic heterocycles. The molecule has 9 nitrogen and oxygen atoms in total. The zero-order chi connectivity index (χ0) is 21.0. The Morgan fingerprint density at radius 3 is 2.77 bits per heavy atom. The summed E-state index contributed by atoms with van der Waals surface area (Å²) in [6.45, 7) is 0.427. The SMILES string of the molecule is CS(=O)(=O)N1CCc2cc(-n3cnc4ccc(C=C5SC(=O)NC5=O)nc43)ccc21. The zero-order valence-corrected chi connectivity index (χ0v) is 17.3. The predicted molar refractivity (Wildman–Crippen MR) is 114 cm³/mol. The number of carbonyl (C=O) groups is 2. The van der Waals surface area contributed by atoms with Crippen molar-refractivity contribution in [1.29, 1.82) is 0 Å². The number of pyridine rings is 1. The highest BCUT2D eigenvalue weighted by atomic mass is 32.2. The van der Waals surface area contributed by atoms with E-state index in [2.05, 4.69) is 15.3 Å². The number of anilines is 1. The van der Waals surface area contributed by atoms with Gasteiger partial charge >= 0.3 is 0 Å². The lowest BCUT2D eigenvalue weighted by molar-refractivity contribution is -0.115. The van der Waals surface area contributed by atoms with Crippen molar-refractivity contribution >= 4 is 55.9 Å². The van der Waals surface area contributed by atoms with Gasteiger partial charge in [0.25, 0.3) is 11.1 Å². The Hall–Kier alpha value is -3.18. The van der Waals surface area contributed by atoms with Crippen molar-refractivity contribution in [3.05, 3.63) is 52.8 Å². The average Bonchev–Trinajstić information content (AvgIpc) is 3.37. The Labute approximate surface area is 175 Å². The number of imide groups is 1. The first-order chi connectivity index (χ1) is 14.3. The summed E-state index contributed by atoms with van der Waals surface area (Å²) in [5, 5.41) is 1.82. The molecule has 0 radical (unpaired) electrons. The maximum Gasteiger partial charge on any atom is 0.290 e. The van der Waals surface area contributed by atoms with Crippen LogP contribution in [0.1, 0.15) is 11.3 Å². The predicted octanol–water partition coefficient (Wildman–Crippen LogP) is 2.07. The van der Waals surface area contributed by atoms with Crippen molar-refractivity contribution in [3.8, 4) is 5.69 Å². The van der Waals surface area contributed by atoms with E-state index in [4.69, 9.17) is 0 Å². The van der Waals surface area contributed by atoms with Gasteiger partial charge in [0.2, 0.25) is 10.0 Å². The van der Waals surface area contributed by atoms with Crippen LogP contribution in [0, 0.1) is 0 Å². The summed E-state index contributed by atoms with van der Waals surface area (Å²) in [6, 6.07) is 9.09. The second kappa shape index (κ2) is 6.67. The summed E-state index contributed by atoms with van der Waals surface area (Å²) >= 11 is 0.837. The van der Waals surface area contributed by atoms with Gasteiger partial charge in [0.15, 0.2) is 5.65 Å². The number of amides is 2. The Morgan fingerprint density at radius 2 is 2.03 bits per heavy atom. The highest BCUT2D eigenvalue weighted by molar-refractivity contribution is 8.18. The summed E-state index contributed by atoms with van der Waals surface area (Å²) in [7, 11) is -3.31. The van der Waals surface area contributed by atoms with Crippen molar-refractivity contribution in [2.45, 2.75) is 6.42 Å². The standard InChI is InChI=1S/C19H15N5O4S2/c1-30(27,28)24-7-6-11-8-13(3-5-15(11)24)23-10-20-14-4-2-12(21-17(14)23)9-16-18(25)22-19(26)29-16/h2-5,8-10H,6-7H2,1H3,(H,22,25,26). The molecule has 2 amide bonds. The Morgan fingerprint density at radius 1 is 1.20 bits per heavy atom. The fourth-order valence-electron chi connectivity index (χ4n) is 3.59. The summed E-state index contributed by atoms with van der Waals surface area (Å²) in [4.78, 5) is 32.4. The van der Waals surface area contributed by atoms with E-state index in [1.54, 1.807) is 30.6 Å². The average molecular weight is 441 g/mol. The maximum absolute atomic E-state index is 12.0. The second-order valence-electron chi connectivity index (χ2n) is 6.94. The highest BCUT2D eigenvalue weighted by Crippen LogP contribution is 2.32. The number of fused-ring (bicyclic) bond motifs is 2. The lowest BCUT2D eigenvalue weighted by Gasteiger charge is -2.16. The normalized spacial score (nSPS) is 17.8. The largest absolute Gasteiger partial charge is 0.290 e. The molecule has 2 aromatic heterocycles. The molecule has 11 heteroatoms. The topological polar surface area (TPSA) is 114 Å². The van der Waals surface area contributed by atoms with E-state index < -0.39 is 21.2 Å². The molecule has 152 valence electrons. The fourth-order valence-corrected chi connectivity index (χ4v) is 5.21. The van der Waals surface area contributed by atoms with Crippen LogP contribution in [0.2, 0.25) is 0 Å². The summed E-state index contributed by atoms with van der Waals surface area (Å²) in [6.07, 6.45) is 5.05. The van der Waals surface area contributed by atoms with Gasteiger partial charge in [-0.05, 0) is 60.2 Å². The van der Waals surface area contributed by atoms with Gasteiger partial charge in [-0.1, -0.05) is 0 Å². The molecule has 0 unspecified atom stereocenters. The summed E-state index contributed by atoms with van der Waals surface area (Å²) in [5.74, 6) is -0.436. The van der Waals surface area contributed by atoms with Crippen LogP contribution >= 0.6 is 11.8 Å². The van der Waals surface area contributed by atoms with Gasteiger partial charge in [-0.15, -0.1) is 0 Å². The summed E-state index contributed by atoms with van der Waals surface area (Å²) < 4.78 is 27.1. The van der Waals surface area contributed by atoms with Gasteiger partial charge in [0.1, 0.15) is 11.8 Å². The van der Waals surface area contributed by atoms with E-state index in [9.17, 15) is 18.0 Å². The molecule has 30 heavy (non-hydrogen) atoms. The van der Waals surface area contributed by atoms with Crippen molar-refractivity contribution in [1.82, 2.24) is 19.9 Å². The van der Waals surface area contributed by atoms with Crippen molar-refractivity contribution in [3.63, 3.8) is 0 Å². The van der Waals surface area contributed by atoms with Gasteiger partial charge in [-0.25, -0.2) is 18.4 Å². The van der Waals surface area contributed by atoms with E-state index in [1.807, 2.05) is 16.7 Å². The molecular formula is C19H15N5O4S2. The molecule has 1 N–H and O–H groups in total. The molecule has 3 aromatic rings. The summed E-state index contributed by atoms with van der Waals surface area (Å²) in [5.41, 5.74) is 4.24. The molecule has 1 fully saturated rings. The molecule has 1 aromatic carbocycles. The van der Waals surface area contributed by atoms with E-state index in [0.29, 0.717) is 35.5 Å². The van der Waals surface area contributed by atoms with Crippen LogP contribution in [0.15, 0.2) is 41.6 Å². The second-order valence-corrected chi connectivity index (χ2v) is 9.87. The molecule has 0 bridgehead atoms. The molecule has 0 spiro atoms. The van der Waals surface area contributed by atoms with Crippen LogP contribution in [-0.4, -0.2) is 46.9 Å². The van der Waals surface area contributed by atoms with Crippen molar-refractivity contribution in [2.75, 3.05) is 17.1 Å². The zero-order valence-electron chi connectivity index (χ0n) is 15.7. The Bertz CT molecular complexity index is 1380. The molecule has 4 heterocycles. The molecular weight excluding hydrogens is 426 g/mol. The number of hydrogen-bond acceptors (Lipinski definition) is 7. The first-order valence-electron chi connectivity index (χ1n) is 8.99. The van der Waals surface area contributed by atoms with Crippen LogP contribution in [0.5, 0.6) is 0 Å². The van der Waals surface area contributed by atoms with E-state index in [-0.39, 0.29) is 4.91 Å². The van der Waals surface area contributed by atoms with Gasteiger partial charge < -0.3 is 0 Å². The number of benzene rings is 1. The van der Waals surface area contributed by atoms with Crippen LogP contribution < -0.4 is 9.62 Å². The van der Waals surface area contributed by atoms with E-state index in [0.717, 1.165) is 23.0 Å². The van der Waals surface area contributed by atoms with Gasteiger partial charge in [-0.3, -0.25) is 23.8 Å². The third-order valence-corrected chi connectivity index (χ3v) is 6.92. The number of rotatable bonds is 3. The number of thioether (sulfide) groups is 1. The highest BCUT2D eigenvalue weighted by Gasteiger charge is 2.27. The van der Waals surface area contributed by atoms with Gasteiger partial charge in [0.05, 0.1) is 22.5 Å². The monoisotopic (exact) mass is 441 g/mol. The number of sulfonamides is 1. The number of nitrogens with zero attached hydrogens (tertiary/aromatic N) is 4. The lowest BCUT2D eigenvalue weighted by atomic mass is 10.1. The smallest absolute Gasteiger partial charge is 0.283 e. The van der Waals surface area contributed by atoms with E-state index >= 15 is 0 Å². The molecule has 2 aliphatic rings. The minimum Gasteiger partial charge on any atom is -0.283 e. The minimum atomic E-state index is -3.31. The molecule has 0 aliphatic carbocycles. The number of aromatic nitrogens is 3. The third kappa shape index (κ3) is 3.15. The quantitative estimate of drug-likeness (QED) is 0.619. The number of carbonyl (C=O) groups excluding carboxylic acids is 2. The third-order valence-electron chi connectivity index (χ3n) is 4.93. The minimum absolute atomic E-state index is 0.288. The van der Waals surface area contributed by atoms with Crippen LogP contribution in [0.25, 0.3) is 22.9 Å².